The number of benzene rings is 1. The SMILES string of the molecule is Cc1nc(CNC(N)=NCc2ccc(OC(F)(F)F)cc2)oc1C. The van der Waals surface area contributed by atoms with Gasteiger partial charge in [0.15, 0.2) is 5.96 Å². The molecule has 24 heavy (non-hydrogen) atoms. The first-order chi connectivity index (χ1) is 11.2. The number of aliphatic imine (C=N–C) groups is 1. The molecule has 0 bridgehead atoms. The van der Waals surface area contributed by atoms with Crippen LogP contribution in [0.4, 0.5) is 13.2 Å². The minimum Gasteiger partial charge on any atom is -0.444 e. The summed E-state index contributed by atoms with van der Waals surface area (Å²) in [6.07, 6.45) is -4.70. The largest absolute Gasteiger partial charge is 0.573 e. The summed E-state index contributed by atoms with van der Waals surface area (Å²) in [7, 11) is 0. The van der Waals surface area contributed by atoms with Crippen molar-refractivity contribution in [3.05, 3.63) is 47.2 Å². The molecule has 0 unspecified atom stereocenters. The van der Waals surface area contributed by atoms with Crippen molar-refractivity contribution in [2.45, 2.75) is 33.3 Å². The van der Waals surface area contributed by atoms with Gasteiger partial charge in [0.1, 0.15) is 11.5 Å². The first kappa shape index (κ1) is 17.6. The highest BCUT2D eigenvalue weighted by atomic mass is 19.4. The van der Waals surface area contributed by atoms with Crippen LogP contribution in [0.15, 0.2) is 33.7 Å². The third-order valence-corrected chi connectivity index (χ3v) is 3.08. The molecule has 0 saturated heterocycles. The van der Waals surface area contributed by atoms with Crippen molar-refractivity contribution in [1.82, 2.24) is 10.3 Å². The van der Waals surface area contributed by atoms with E-state index in [4.69, 9.17) is 10.2 Å². The molecule has 3 N–H and O–H groups in total. The van der Waals surface area contributed by atoms with E-state index in [-0.39, 0.29) is 18.3 Å². The molecule has 6 nitrogen and oxygen atoms in total. The van der Waals surface area contributed by atoms with E-state index in [1.807, 2.05) is 13.8 Å². The first-order valence-electron chi connectivity index (χ1n) is 7.04. The number of halogens is 3. The molecule has 0 atom stereocenters. The Morgan fingerprint density at radius 3 is 2.50 bits per heavy atom. The van der Waals surface area contributed by atoms with Crippen LogP contribution in [0.3, 0.4) is 0 Å². The van der Waals surface area contributed by atoms with E-state index < -0.39 is 6.36 Å². The summed E-state index contributed by atoms with van der Waals surface area (Å²) < 4.78 is 45.4. The Labute approximate surface area is 136 Å². The second kappa shape index (κ2) is 7.24. The van der Waals surface area contributed by atoms with Crippen LogP contribution >= 0.6 is 0 Å². The quantitative estimate of drug-likeness (QED) is 0.645. The van der Waals surface area contributed by atoms with Crippen molar-refractivity contribution in [1.29, 1.82) is 0 Å². The Bertz CT molecular complexity index is 689. The van der Waals surface area contributed by atoms with Gasteiger partial charge in [0.2, 0.25) is 5.89 Å². The lowest BCUT2D eigenvalue weighted by atomic mass is 10.2. The molecule has 0 aliphatic rings. The number of aryl methyl sites for hydroxylation is 2. The van der Waals surface area contributed by atoms with Crippen molar-refractivity contribution >= 4 is 5.96 Å². The van der Waals surface area contributed by atoms with Crippen LogP contribution in [0, 0.1) is 13.8 Å². The van der Waals surface area contributed by atoms with Crippen LogP contribution in [0.2, 0.25) is 0 Å². The van der Waals surface area contributed by atoms with Gasteiger partial charge in [-0.15, -0.1) is 13.2 Å². The zero-order valence-corrected chi connectivity index (χ0v) is 13.1. The van der Waals surface area contributed by atoms with Gasteiger partial charge in [0, 0.05) is 0 Å². The number of rotatable bonds is 5. The van der Waals surface area contributed by atoms with Crippen LogP contribution in [0.5, 0.6) is 5.75 Å². The molecular weight excluding hydrogens is 325 g/mol. The number of alkyl halides is 3. The molecule has 2 rings (SSSR count). The summed E-state index contributed by atoms with van der Waals surface area (Å²) in [5, 5.41) is 2.85. The van der Waals surface area contributed by atoms with Crippen molar-refractivity contribution in [3.63, 3.8) is 0 Å². The van der Waals surface area contributed by atoms with Crippen LogP contribution in [-0.4, -0.2) is 17.3 Å². The predicted octanol–water partition coefficient (Wildman–Crippen LogP) is 2.79. The maximum Gasteiger partial charge on any atom is 0.573 e. The Kier molecular flexibility index (Phi) is 5.32. The molecular formula is C15H17F3N4O2. The Morgan fingerprint density at radius 2 is 1.96 bits per heavy atom. The molecule has 1 aromatic heterocycles. The lowest BCUT2D eigenvalue weighted by molar-refractivity contribution is -0.274. The van der Waals surface area contributed by atoms with E-state index in [2.05, 4.69) is 20.0 Å². The second-order valence-corrected chi connectivity index (χ2v) is 5.00. The van der Waals surface area contributed by atoms with Crippen LogP contribution in [-0.2, 0) is 13.1 Å². The smallest absolute Gasteiger partial charge is 0.444 e. The summed E-state index contributed by atoms with van der Waals surface area (Å²) in [6.45, 7) is 4.17. The summed E-state index contributed by atoms with van der Waals surface area (Å²) in [5.41, 5.74) is 7.22. The average molecular weight is 342 g/mol. The van der Waals surface area contributed by atoms with E-state index in [1.54, 1.807) is 0 Å². The van der Waals surface area contributed by atoms with Crippen molar-refractivity contribution in [2.75, 3.05) is 0 Å². The van der Waals surface area contributed by atoms with Crippen LogP contribution in [0.25, 0.3) is 0 Å². The predicted molar refractivity (Wildman–Crippen MR) is 81.3 cm³/mol. The van der Waals surface area contributed by atoms with Crippen LogP contribution < -0.4 is 15.8 Å². The average Bonchev–Trinajstić information content (AvgIpc) is 2.81. The number of ether oxygens (including phenoxy) is 1. The molecule has 0 radical (unpaired) electrons. The number of aromatic nitrogens is 1. The van der Waals surface area contributed by atoms with Gasteiger partial charge in [-0.05, 0) is 31.5 Å². The third-order valence-electron chi connectivity index (χ3n) is 3.08. The lowest BCUT2D eigenvalue weighted by Crippen LogP contribution is -2.31. The van der Waals surface area contributed by atoms with Gasteiger partial charge in [0.05, 0.1) is 18.8 Å². The van der Waals surface area contributed by atoms with Crippen molar-refractivity contribution in [3.8, 4) is 5.75 Å². The number of oxazole rings is 1. The molecule has 1 heterocycles. The number of hydrogen-bond acceptors (Lipinski definition) is 4. The first-order valence-corrected chi connectivity index (χ1v) is 7.04. The van der Waals surface area contributed by atoms with Gasteiger partial charge in [-0.2, -0.15) is 0 Å². The van der Waals surface area contributed by atoms with Crippen molar-refractivity contribution < 1.29 is 22.3 Å². The highest BCUT2D eigenvalue weighted by Crippen LogP contribution is 2.22. The van der Waals surface area contributed by atoms with E-state index in [0.717, 1.165) is 11.5 Å². The number of guanidine groups is 1. The Morgan fingerprint density at radius 1 is 1.29 bits per heavy atom. The normalized spacial score (nSPS) is 12.3. The fourth-order valence-corrected chi connectivity index (χ4v) is 1.81. The van der Waals surface area contributed by atoms with E-state index in [1.165, 1.54) is 24.3 Å². The molecule has 0 amide bonds. The number of nitrogens with two attached hydrogens (primary N) is 1. The fraction of sp³-hybridized carbons (Fsp3) is 0.333. The Balaban J connectivity index is 1.85. The maximum atomic E-state index is 12.1. The van der Waals surface area contributed by atoms with E-state index >= 15 is 0 Å². The number of nitrogens with zero attached hydrogens (tertiary/aromatic N) is 2. The molecule has 2 aromatic rings. The van der Waals surface area contributed by atoms with Gasteiger partial charge in [-0.3, -0.25) is 0 Å². The molecule has 130 valence electrons. The van der Waals surface area contributed by atoms with Gasteiger partial charge in [-0.25, -0.2) is 9.98 Å². The molecule has 0 aliphatic heterocycles. The molecule has 1 aromatic carbocycles. The van der Waals surface area contributed by atoms with Gasteiger partial charge < -0.3 is 20.2 Å². The van der Waals surface area contributed by atoms with E-state index in [9.17, 15) is 13.2 Å². The minimum absolute atomic E-state index is 0.180. The number of nitrogens with one attached hydrogen (secondary N) is 1. The van der Waals surface area contributed by atoms with Gasteiger partial charge >= 0.3 is 6.36 Å². The topological polar surface area (TPSA) is 85.7 Å². The van der Waals surface area contributed by atoms with Crippen LogP contribution in [0.1, 0.15) is 22.9 Å². The summed E-state index contributed by atoms with van der Waals surface area (Å²) >= 11 is 0. The summed E-state index contributed by atoms with van der Waals surface area (Å²) in [5.74, 6) is 1.13. The molecule has 0 saturated carbocycles. The lowest BCUT2D eigenvalue weighted by Gasteiger charge is -2.09. The van der Waals surface area contributed by atoms with Crippen molar-refractivity contribution in [2.24, 2.45) is 10.7 Å². The number of hydrogen-bond donors (Lipinski definition) is 2. The highest BCUT2D eigenvalue weighted by Gasteiger charge is 2.30. The standard InChI is InChI=1S/C15H17F3N4O2/c1-9-10(2)23-13(22-9)8-21-14(19)20-7-11-3-5-12(6-4-11)24-15(16,17)18/h3-6H,7-8H2,1-2H3,(H3,19,20,21). The summed E-state index contributed by atoms with van der Waals surface area (Å²) in [6, 6.07) is 5.41. The monoisotopic (exact) mass is 342 g/mol. The molecule has 0 fully saturated rings. The zero-order valence-electron chi connectivity index (χ0n) is 13.1. The Hall–Kier alpha value is -2.71. The van der Waals surface area contributed by atoms with Gasteiger partial charge in [0.25, 0.3) is 0 Å². The summed E-state index contributed by atoms with van der Waals surface area (Å²) in [4.78, 5) is 8.29. The fourth-order valence-electron chi connectivity index (χ4n) is 1.81. The van der Waals surface area contributed by atoms with Gasteiger partial charge in [-0.1, -0.05) is 12.1 Å². The zero-order chi connectivity index (χ0) is 17.7. The molecule has 0 aliphatic carbocycles. The highest BCUT2D eigenvalue weighted by molar-refractivity contribution is 5.77. The second-order valence-electron chi connectivity index (χ2n) is 5.00. The minimum atomic E-state index is -4.70. The molecule has 9 heteroatoms. The third kappa shape index (κ3) is 5.49. The molecule has 0 spiro atoms. The van der Waals surface area contributed by atoms with E-state index in [0.29, 0.717) is 18.0 Å². The maximum absolute atomic E-state index is 12.1.